The summed E-state index contributed by atoms with van der Waals surface area (Å²) in [6.45, 7) is 3.71. The third kappa shape index (κ3) is 2.87. The van der Waals surface area contributed by atoms with Gasteiger partial charge in [0, 0.05) is 46.0 Å². The topological polar surface area (TPSA) is 49.4 Å². The van der Waals surface area contributed by atoms with Crippen LogP contribution in [0.15, 0.2) is 18.5 Å². The van der Waals surface area contributed by atoms with Crippen LogP contribution in [0.5, 0.6) is 0 Å². The molecule has 1 atom stereocenters. The van der Waals surface area contributed by atoms with Crippen LogP contribution in [-0.4, -0.2) is 51.4 Å². The SMILES string of the molecule is CNc1cnccc1N1CCNC(COC)C1. The third-order valence-electron chi connectivity index (χ3n) is 3.03. The fraction of sp³-hybridized carbons (Fsp3) is 0.583. The van der Waals surface area contributed by atoms with E-state index in [0.29, 0.717) is 6.04 Å². The predicted molar refractivity (Wildman–Crippen MR) is 69.7 cm³/mol. The molecule has 1 aromatic heterocycles. The number of aromatic nitrogens is 1. The number of piperazine rings is 1. The van der Waals surface area contributed by atoms with Gasteiger partial charge in [-0.1, -0.05) is 0 Å². The Morgan fingerprint density at radius 1 is 1.65 bits per heavy atom. The number of hydrogen-bond acceptors (Lipinski definition) is 5. The van der Waals surface area contributed by atoms with E-state index in [-0.39, 0.29) is 0 Å². The number of ether oxygens (including phenoxy) is 1. The molecule has 2 heterocycles. The van der Waals surface area contributed by atoms with E-state index in [1.165, 1.54) is 5.69 Å². The van der Waals surface area contributed by atoms with Crippen LogP contribution < -0.4 is 15.5 Å². The van der Waals surface area contributed by atoms with Crippen molar-refractivity contribution in [1.29, 1.82) is 0 Å². The molecule has 1 unspecified atom stereocenters. The summed E-state index contributed by atoms with van der Waals surface area (Å²) in [6.07, 6.45) is 3.70. The fourth-order valence-electron chi connectivity index (χ4n) is 2.21. The van der Waals surface area contributed by atoms with Gasteiger partial charge < -0.3 is 20.3 Å². The van der Waals surface area contributed by atoms with Crippen molar-refractivity contribution in [3.8, 4) is 0 Å². The lowest BCUT2D eigenvalue weighted by atomic mass is 10.2. The van der Waals surface area contributed by atoms with Crippen molar-refractivity contribution < 1.29 is 4.74 Å². The van der Waals surface area contributed by atoms with Crippen LogP contribution in [0.4, 0.5) is 11.4 Å². The molecule has 0 radical (unpaired) electrons. The van der Waals surface area contributed by atoms with Crippen LogP contribution in [0.1, 0.15) is 0 Å². The highest BCUT2D eigenvalue weighted by Gasteiger charge is 2.20. The van der Waals surface area contributed by atoms with E-state index in [0.717, 1.165) is 31.9 Å². The Bertz CT molecular complexity index is 356. The molecule has 94 valence electrons. The number of nitrogens with zero attached hydrogens (tertiary/aromatic N) is 2. The zero-order valence-electron chi connectivity index (χ0n) is 10.4. The summed E-state index contributed by atoms with van der Waals surface area (Å²) < 4.78 is 5.20. The molecular weight excluding hydrogens is 216 g/mol. The molecule has 0 aliphatic carbocycles. The molecule has 0 spiro atoms. The summed E-state index contributed by atoms with van der Waals surface area (Å²) in [6, 6.07) is 2.45. The first-order chi connectivity index (χ1) is 8.35. The fourth-order valence-corrected chi connectivity index (χ4v) is 2.21. The van der Waals surface area contributed by atoms with Gasteiger partial charge in [-0.25, -0.2) is 0 Å². The molecule has 1 saturated heterocycles. The molecule has 5 heteroatoms. The van der Waals surface area contributed by atoms with Crippen LogP contribution in [0.25, 0.3) is 0 Å². The second kappa shape index (κ2) is 5.84. The zero-order valence-corrected chi connectivity index (χ0v) is 10.4. The van der Waals surface area contributed by atoms with E-state index in [1.54, 1.807) is 7.11 Å². The van der Waals surface area contributed by atoms with Crippen molar-refractivity contribution in [2.75, 3.05) is 50.6 Å². The minimum atomic E-state index is 0.395. The van der Waals surface area contributed by atoms with Crippen LogP contribution in [0, 0.1) is 0 Å². The van der Waals surface area contributed by atoms with Gasteiger partial charge >= 0.3 is 0 Å². The largest absolute Gasteiger partial charge is 0.385 e. The summed E-state index contributed by atoms with van der Waals surface area (Å²) in [4.78, 5) is 6.51. The Balaban J connectivity index is 2.10. The van der Waals surface area contributed by atoms with E-state index in [9.17, 15) is 0 Å². The highest BCUT2D eigenvalue weighted by molar-refractivity contribution is 5.68. The molecule has 1 fully saturated rings. The van der Waals surface area contributed by atoms with E-state index in [2.05, 4.69) is 26.6 Å². The maximum atomic E-state index is 5.20. The Labute approximate surface area is 102 Å². The lowest BCUT2D eigenvalue weighted by Gasteiger charge is -2.35. The number of anilines is 2. The van der Waals surface area contributed by atoms with Gasteiger partial charge in [0.05, 0.1) is 24.2 Å². The predicted octanol–water partition coefficient (Wildman–Crippen LogP) is 0.548. The van der Waals surface area contributed by atoms with Crippen LogP contribution in [0.3, 0.4) is 0 Å². The molecule has 1 aliphatic heterocycles. The lowest BCUT2D eigenvalue weighted by Crippen LogP contribution is -2.52. The first-order valence-electron chi connectivity index (χ1n) is 5.94. The van der Waals surface area contributed by atoms with E-state index < -0.39 is 0 Å². The van der Waals surface area contributed by atoms with Crippen molar-refractivity contribution >= 4 is 11.4 Å². The minimum Gasteiger partial charge on any atom is -0.385 e. The zero-order chi connectivity index (χ0) is 12.1. The maximum Gasteiger partial charge on any atom is 0.0761 e. The van der Waals surface area contributed by atoms with Gasteiger partial charge in [-0.3, -0.25) is 4.98 Å². The molecule has 1 aliphatic rings. The first kappa shape index (κ1) is 12.1. The summed E-state index contributed by atoms with van der Waals surface area (Å²) in [5.41, 5.74) is 2.29. The standard InChI is InChI=1S/C12H20N4O/c1-13-11-7-14-4-3-12(11)16-6-5-15-10(8-16)9-17-2/h3-4,7,10,13,15H,5-6,8-9H2,1-2H3. The van der Waals surface area contributed by atoms with Crippen molar-refractivity contribution in [3.05, 3.63) is 18.5 Å². The average Bonchev–Trinajstić information content (AvgIpc) is 2.39. The molecule has 5 nitrogen and oxygen atoms in total. The Morgan fingerprint density at radius 3 is 3.29 bits per heavy atom. The molecule has 17 heavy (non-hydrogen) atoms. The summed E-state index contributed by atoms with van der Waals surface area (Å²) in [5.74, 6) is 0. The Morgan fingerprint density at radius 2 is 2.53 bits per heavy atom. The first-order valence-corrected chi connectivity index (χ1v) is 5.94. The quantitative estimate of drug-likeness (QED) is 0.799. The van der Waals surface area contributed by atoms with Crippen LogP contribution in [-0.2, 0) is 4.74 Å². The number of pyridine rings is 1. The molecular formula is C12H20N4O. The van der Waals surface area contributed by atoms with Crippen LogP contribution in [0.2, 0.25) is 0 Å². The van der Waals surface area contributed by atoms with E-state index in [1.807, 2.05) is 19.4 Å². The molecule has 1 aromatic rings. The van der Waals surface area contributed by atoms with Gasteiger partial charge in [0.2, 0.25) is 0 Å². The summed E-state index contributed by atoms with van der Waals surface area (Å²) >= 11 is 0. The summed E-state index contributed by atoms with van der Waals surface area (Å²) in [7, 11) is 3.67. The third-order valence-corrected chi connectivity index (χ3v) is 3.03. The lowest BCUT2D eigenvalue weighted by molar-refractivity contribution is 0.163. The molecule has 2 N–H and O–H groups in total. The van der Waals surface area contributed by atoms with Crippen molar-refractivity contribution in [2.45, 2.75) is 6.04 Å². The van der Waals surface area contributed by atoms with Crippen molar-refractivity contribution in [2.24, 2.45) is 0 Å². The number of hydrogen-bond donors (Lipinski definition) is 2. The number of methoxy groups -OCH3 is 1. The second-order valence-corrected chi connectivity index (χ2v) is 4.20. The summed E-state index contributed by atoms with van der Waals surface area (Å²) in [5, 5.41) is 6.64. The van der Waals surface area contributed by atoms with E-state index >= 15 is 0 Å². The number of nitrogens with one attached hydrogen (secondary N) is 2. The normalized spacial score (nSPS) is 20.4. The Hall–Kier alpha value is -1.33. The average molecular weight is 236 g/mol. The monoisotopic (exact) mass is 236 g/mol. The minimum absolute atomic E-state index is 0.395. The van der Waals surface area contributed by atoms with Gasteiger partial charge in [0.25, 0.3) is 0 Å². The molecule has 0 bridgehead atoms. The van der Waals surface area contributed by atoms with Gasteiger partial charge in [-0.15, -0.1) is 0 Å². The van der Waals surface area contributed by atoms with Crippen molar-refractivity contribution in [3.63, 3.8) is 0 Å². The van der Waals surface area contributed by atoms with Gasteiger partial charge in [-0.05, 0) is 6.07 Å². The molecule has 0 aromatic carbocycles. The smallest absolute Gasteiger partial charge is 0.0761 e. The molecule has 2 rings (SSSR count). The van der Waals surface area contributed by atoms with Gasteiger partial charge in [0.1, 0.15) is 0 Å². The van der Waals surface area contributed by atoms with E-state index in [4.69, 9.17) is 4.74 Å². The highest BCUT2D eigenvalue weighted by Crippen LogP contribution is 2.24. The molecule has 0 saturated carbocycles. The van der Waals surface area contributed by atoms with Crippen LogP contribution >= 0.6 is 0 Å². The highest BCUT2D eigenvalue weighted by atomic mass is 16.5. The molecule has 0 amide bonds. The maximum absolute atomic E-state index is 5.20. The van der Waals surface area contributed by atoms with Crippen molar-refractivity contribution in [1.82, 2.24) is 10.3 Å². The Kier molecular flexibility index (Phi) is 4.17. The van der Waals surface area contributed by atoms with Gasteiger partial charge in [0.15, 0.2) is 0 Å². The van der Waals surface area contributed by atoms with Gasteiger partial charge in [-0.2, -0.15) is 0 Å². The second-order valence-electron chi connectivity index (χ2n) is 4.20. The number of rotatable bonds is 4.